The number of carboxylic acid groups (broad SMARTS) is 1. The Hall–Kier alpha value is -0.650. The Morgan fingerprint density at radius 2 is 2.27 bits per heavy atom. The number of nitrogens with zero attached hydrogens (tertiary/aromatic N) is 1. The van der Waals surface area contributed by atoms with E-state index in [9.17, 15) is 15.0 Å². The van der Waals surface area contributed by atoms with Crippen LogP contribution in [-0.2, 0) is 9.53 Å². The van der Waals surface area contributed by atoms with E-state index in [1.807, 2.05) is 14.1 Å². The summed E-state index contributed by atoms with van der Waals surface area (Å²) in [5.74, 6) is -1.11. The second-order valence-electron chi connectivity index (χ2n) is 5.20. The normalized spacial score (nSPS) is 35.1. The van der Waals surface area contributed by atoms with Crippen LogP contribution in [0.4, 0.5) is 0 Å². The molecule has 2 atom stereocenters. The van der Waals surface area contributed by atoms with Crippen molar-refractivity contribution in [1.29, 1.82) is 0 Å². The molecule has 5 heteroatoms. The second kappa shape index (κ2) is 4.08. The van der Waals surface area contributed by atoms with Crippen LogP contribution in [-0.4, -0.2) is 61.1 Å². The molecular formula is C10H19NO4. The summed E-state index contributed by atoms with van der Waals surface area (Å²) in [7, 11) is 4.00. The first-order chi connectivity index (χ1) is 6.76. The highest BCUT2D eigenvalue weighted by atomic mass is 16.5. The molecule has 1 saturated heterocycles. The van der Waals surface area contributed by atoms with Crippen molar-refractivity contribution in [3.8, 4) is 0 Å². The molecule has 1 heterocycles. The van der Waals surface area contributed by atoms with Crippen LogP contribution < -0.4 is 5.11 Å². The van der Waals surface area contributed by atoms with Crippen LogP contribution in [0.15, 0.2) is 0 Å². The summed E-state index contributed by atoms with van der Waals surface area (Å²) in [6.45, 7) is 3.00. The van der Waals surface area contributed by atoms with E-state index < -0.39 is 11.6 Å². The molecular weight excluding hydrogens is 198 g/mol. The van der Waals surface area contributed by atoms with E-state index in [0.29, 0.717) is 17.6 Å². The van der Waals surface area contributed by atoms with Gasteiger partial charge in [-0.3, -0.25) is 0 Å². The number of aliphatic hydroxyl groups is 1. The van der Waals surface area contributed by atoms with Crippen LogP contribution in [0.5, 0.6) is 0 Å². The smallest absolute Gasteiger partial charge is 0.138 e. The van der Waals surface area contributed by atoms with Gasteiger partial charge in [-0.05, 0) is 6.92 Å². The Morgan fingerprint density at radius 3 is 2.73 bits per heavy atom. The Morgan fingerprint density at radius 1 is 1.67 bits per heavy atom. The standard InChI is InChI=1S/C10H19NO4/c1-10(7-12)6-11(2,3)5-8(15-10)4-9(13)14/h8,12H,4-7H2,1-3H3/t8-,10-/m1/s1. The van der Waals surface area contributed by atoms with Crippen molar-refractivity contribution in [2.75, 3.05) is 33.8 Å². The zero-order valence-corrected chi connectivity index (χ0v) is 9.52. The van der Waals surface area contributed by atoms with Crippen LogP contribution in [0.1, 0.15) is 13.3 Å². The Labute approximate surface area is 89.9 Å². The van der Waals surface area contributed by atoms with Crippen LogP contribution in [0.3, 0.4) is 0 Å². The number of hydrogen-bond donors (Lipinski definition) is 1. The average molecular weight is 217 g/mol. The lowest BCUT2D eigenvalue weighted by molar-refractivity contribution is -0.909. The predicted molar refractivity (Wildman–Crippen MR) is 51.8 cm³/mol. The molecule has 0 spiro atoms. The monoisotopic (exact) mass is 217 g/mol. The van der Waals surface area contributed by atoms with Gasteiger partial charge < -0.3 is 24.2 Å². The van der Waals surface area contributed by atoms with Crippen molar-refractivity contribution in [2.45, 2.75) is 25.0 Å². The predicted octanol–water partition coefficient (Wildman–Crippen LogP) is -1.65. The highest BCUT2D eigenvalue weighted by Gasteiger charge is 2.42. The van der Waals surface area contributed by atoms with E-state index >= 15 is 0 Å². The van der Waals surface area contributed by atoms with Gasteiger partial charge in [-0.25, -0.2) is 0 Å². The number of morpholine rings is 1. The van der Waals surface area contributed by atoms with Crippen molar-refractivity contribution in [3.05, 3.63) is 0 Å². The first-order valence-electron chi connectivity index (χ1n) is 5.07. The fourth-order valence-corrected chi connectivity index (χ4v) is 2.38. The molecule has 0 bridgehead atoms. The van der Waals surface area contributed by atoms with Gasteiger partial charge in [0.25, 0.3) is 0 Å². The first-order valence-corrected chi connectivity index (χ1v) is 5.07. The van der Waals surface area contributed by atoms with E-state index in [4.69, 9.17) is 4.74 Å². The Balaban J connectivity index is 2.72. The summed E-state index contributed by atoms with van der Waals surface area (Å²) in [5.41, 5.74) is -0.651. The quantitative estimate of drug-likeness (QED) is 0.575. The molecule has 1 aliphatic heterocycles. The third kappa shape index (κ3) is 3.44. The minimum Gasteiger partial charge on any atom is -0.550 e. The number of likely N-dealkylation sites (N-methyl/N-ethyl adjacent to an activating group) is 1. The summed E-state index contributed by atoms with van der Waals surface area (Å²) in [6, 6.07) is 0. The number of aliphatic hydroxyl groups excluding tert-OH is 1. The number of ether oxygens (including phenoxy) is 1. The van der Waals surface area contributed by atoms with Crippen LogP contribution in [0.2, 0.25) is 0 Å². The topological polar surface area (TPSA) is 69.6 Å². The van der Waals surface area contributed by atoms with Gasteiger partial charge in [0.1, 0.15) is 24.8 Å². The summed E-state index contributed by atoms with van der Waals surface area (Å²) in [4.78, 5) is 10.5. The van der Waals surface area contributed by atoms with Gasteiger partial charge in [-0.2, -0.15) is 0 Å². The molecule has 1 aliphatic rings. The van der Waals surface area contributed by atoms with Gasteiger partial charge >= 0.3 is 0 Å². The molecule has 0 saturated carbocycles. The number of aliphatic carboxylic acids is 1. The summed E-state index contributed by atoms with van der Waals surface area (Å²) in [5, 5.41) is 19.8. The molecule has 0 amide bonds. The third-order valence-electron chi connectivity index (χ3n) is 2.64. The molecule has 1 rings (SSSR count). The Kier molecular flexibility index (Phi) is 3.38. The van der Waals surface area contributed by atoms with Crippen LogP contribution >= 0.6 is 0 Å². The molecule has 0 unspecified atom stereocenters. The molecule has 88 valence electrons. The SMILES string of the molecule is C[C@]1(CO)C[N+](C)(C)C[C@@H](CC(=O)[O-])O1. The van der Waals surface area contributed by atoms with Crippen molar-refractivity contribution < 1.29 is 24.2 Å². The molecule has 5 nitrogen and oxygen atoms in total. The van der Waals surface area contributed by atoms with Crippen molar-refractivity contribution in [1.82, 2.24) is 0 Å². The molecule has 0 aromatic rings. The van der Waals surface area contributed by atoms with Gasteiger partial charge in [0.15, 0.2) is 0 Å². The minimum atomic E-state index is -1.11. The maximum atomic E-state index is 10.5. The molecule has 15 heavy (non-hydrogen) atoms. The summed E-state index contributed by atoms with van der Waals surface area (Å²) < 4.78 is 6.23. The molecule has 0 aromatic carbocycles. The molecule has 0 radical (unpaired) electrons. The zero-order valence-electron chi connectivity index (χ0n) is 9.52. The van der Waals surface area contributed by atoms with Gasteiger partial charge in [0.05, 0.1) is 20.7 Å². The Bertz CT molecular complexity index is 254. The van der Waals surface area contributed by atoms with E-state index in [-0.39, 0.29) is 19.1 Å². The molecule has 1 fully saturated rings. The summed E-state index contributed by atoms with van der Waals surface area (Å²) in [6.07, 6.45) is -0.493. The lowest BCUT2D eigenvalue weighted by Gasteiger charge is -2.46. The van der Waals surface area contributed by atoms with Gasteiger partial charge in [-0.1, -0.05) is 0 Å². The second-order valence-corrected chi connectivity index (χ2v) is 5.20. The largest absolute Gasteiger partial charge is 0.550 e. The van der Waals surface area contributed by atoms with Crippen molar-refractivity contribution >= 4 is 5.97 Å². The van der Waals surface area contributed by atoms with Gasteiger partial charge in [-0.15, -0.1) is 0 Å². The van der Waals surface area contributed by atoms with Gasteiger partial charge in [0, 0.05) is 12.4 Å². The first kappa shape index (κ1) is 12.4. The number of rotatable bonds is 3. The highest BCUT2D eigenvalue weighted by molar-refractivity contribution is 5.64. The molecule has 1 N–H and O–H groups in total. The summed E-state index contributed by atoms with van der Waals surface area (Å²) >= 11 is 0. The number of hydrogen-bond acceptors (Lipinski definition) is 4. The maximum absolute atomic E-state index is 10.5. The average Bonchev–Trinajstić information content (AvgIpc) is 1.98. The van der Waals surface area contributed by atoms with E-state index in [1.165, 1.54) is 0 Å². The van der Waals surface area contributed by atoms with E-state index in [2.05, 4.69) is 0 Å². The number of quaternary nitrogens is 1. The van der Waals surface area contributed by atoms with E-state index in [1.54, 1.807) is 6.92 Å². The van der Waals surface area contributed by atoms with E-state index in [0.717, 1.165) is 0 Å². The van der Waals surface area contributed by atoms with Crippen molar-refractivity contribution in [3.63, 3.8) is 0 Å². The van der Waals surface area contributed by atoms with Gasteiger partial charge in [0.2, 0.25) is 0 Å². The lowest BCUT2D eigenvalue weighted by Crippen LogP contribution is -2.63. The highest BCUT2D eigenvalue weighted by Crippen LogP contribution is 2.25. The van der Waals surface area contributed by atoms with Crippen LogP contribution in [0, 0.1) is 0 Å². The lowest BCUT2D eigenvalue weighted by atomic mass is 10.0. The van der Waals surface area contributed by atoms with Crippen LogP contribution in [0.25, 0.3) is 0 Å². The third-order valence-corrected chi connectivity index (χ3v) is 2.64. The fourth-order valence-electron chi connectivity index (χ4n) is 2.38. The van der Waals surface area contributed by atoms with Crippen molar-refractivity contribution in [2.24, 2.45) is 0 Å². The maximum Gasteiger partial charge on any atom is 0.138 e. The molecule has 0 aromatic heterocycles. The fraction of sp³-hybridized carbons (Fsp3) is 0.900. The zero-order chi connectivity index (χ0) is 11.7. The number of carbonyl (C=O) groups excluding carboxylic acids is 1. The molecule has 0 aliphatic carbocycles. The minimum absolute atomic E-state index is 0.0990. The number of carboxylic acids is 1. The number of carbonyl (C=O) groups is 1.